The van der Waals surface area contributed by atoms with E-state index in [0.717, 1.165) is 6.07 Å². The van der Waals surface area contributed by atoms with E-state index in [0.29, 0.717) is 30.6 Å². The van der Waals surface area contributed by atoms with Crippen LogP contribution in [0.2, 0.25) is 0 Å². The van der Waals surface area contributed by atoms with E-state index in [-0.39, 0.29) is 22.4 Å². The van der Waals surface area contributed by atoms with Crippen molar-refractivity contribution >= 4 is 20.9 Å². The smallest absolute Gasteiger partial charge is 0.347 e. The van der Waals surface area contributed by atoms with Crippen molar-refractivity contribution in [2.45, 2.75) is 50.7 Å². The maximum Gasteiger partial charge on any atom is 0.408 e. The Morgan fingerprint density at radius 2 is 1.97 bits per heavy atom. The lowest BCUT2D eigenvalue weighted by Crippen LogP contribution is -2.39. The lowest BCUT2D eigenvalue weighted by molar-refractivity contribution is -0.152. The number of fused-ring (bicyclic) bond motifs is 1. The maximum absolute atomic E-state index is 15.0. The molecule has 172 valence electrons. The number of alkyl halides is 3. The predicted octanol–water partition coefficient (Wildman–Crippen LogP) is 4.58. The molecule has 1 aromatic carbocycles. The molecule has 1 aliphatic carbocycles. The van der Waals surface area contributed by atoms with Gasteiger partial charge in [0.25, 0.3) is 0 Å². The first-order valence-corrected chi connectivity index (χ1v) is 11.7. The van der Waals surface area contributed by atoms with Crippen molar-refractivity contribution in [3.8, 4) is 11.3 Å². The molecule has 1 aliphatic rings. The maximum atomic E-state index is 15.0. The number of benzene rings is 1. The zero-order valence-electron chi connectivity index (χ0n) is 17.4. The molecular weight excluding hydrogens is 448 g/mol. The average molecular weight is 470 g/mol. The van der Waals surface area contributed by atoms with Crippen molar-refractivity contribution < 1.29 is 26.0 Å². The van der Waals surface area contributed by atoms with Gasteiger partial charge in [-0.25, -0.2) is 22.8 Å². The summed E-state index contributed by atoms with van der Waals surface area (Å²) < 4.78 is 85.2. The molecule has 2 heterocycles. The van der Waals surface area contributed by atoms with Gasteiger partial charge in [-0.2, -0.15) is 17.9 Å². The van der Waals surface area contributed by atoms with Gasteiger partial charge in [-0.1, -0.05) is 13.8 Å². The number of aromatic nitrogens is 3. The molecule has 11 heteroatoms. The first kappa shape index (κ1) is 22.7. The number of sulfonamides is 1. The summed E-state index contributed by atoms with van der Waals surface area (Å²) in [5.74, 6) is -0.677. The molecule has 3 aromatic rings. The first-order valence-electron chi connectivity index (χ1n) is 10.1. The fourth-order valence-corrected chi connectivity index (χ4v) is 5.24. The van der Waals surface area contributed by atoms with Gasteiger partial charge in [-0.15, -0.1) is 0 Å². The van der Waals surface area contributed by atoms with Crippen molar-refractivity contribution in [1.29, 1.82) is 0 Å². The van der Waals surface area contributed by atoms with Gasteiger partial charge in [0, 0.05) is 41.0 Å². The second-order valence-electron chi connectivity index (χ2n) is 8.41. The second kappa shape index (κ2) is 8.11. The lowest BCUT2D eigenvalue weighted by Gasteiger charge is -2.21. The number of nitrogens with zero attached hydrogens (tertiary/aromatic N) is 3. The van der Waals surface area contributed by atoms with Crippen LogP contribution in [0.5, 0.6) is 0 Å². The number of hydrogen-bond donors (Lipinski definition) is 1. The average Bonchev–Trinajstić information content (AvgIpc) is 3.51. The minimum atomic E-state index is -4.90. The second-order valence-corrected chi connectivity index (χ2v) is 10.4. The quantitative estimate of drug-likeness (QED) is 0.513. The van der Waals surface area contributed by atoms with Gasteiger partial charge >= 0.3 is 6.18 Å². The third-order valence-corrected chi connectivity index (χ3v) is 7.22. The van der Waals surface area contributed by atoms with Gasteiger partial charge in [0.2, 0.25) is 10.0 Å². The summed E-state index contributed by atoms with van der Waals surface area (Å²) in [7, 11) is -4.15. The molecule has 0 spiro atoms. The molecule has 0 radical (unpaired) electrons. The van der Waals surface area contributed by atoms with Crippen molar-refractivity contribution in [3.63, 3.8) is 0 Å². The summed E-state index contributed by atoms with van der Waals surface area (Å²) in [6.45, 7) is 4.17. The van der Waals surface area contributed by atoms with Crippen LogP contribution in [0, 0.1) is 11.7 Å². The molecule has 2 aromatic heterocycles. The molecule has 1 saturated carbocycles. The Labute approximate surface area is 182 Å². The molecule has 32 heavy (non-hydrogen) atoms. The Hall–Kier alpha value is -2.53. The fraction of sp³-hybridized carbons (Fsp3) is 0.429. The van der Waals surface area contributed by atoms with Crippen LogP contribution in [-0.4, -0.2) is 34.4 Å². The van der Waals surface area contributed by atoms with Crippen molar-refractivity contribution in [3.05, 3.63) is 48.3 Å². The molecule has 6 nitrogen and oxygen atoms in total. The SMILES string of the molecule is CC(C)Cn1cc(C(NS(=O)(=O)C2CC2)C(F)(F)F)c2cc(F)c(-c3ccncn3)cc21. The van der Waals surface area contributed by atoms with Crippen LogP contribution in [0.4, 0.5) is 17.6 Å². The summed E-state index contributed by atoms with van der Waals surface area (Å²) >= 11 is 0. The van der Waals surface area contributed by atoms with Gasteiger partial charge in [-0.05, 0) is 37.0 Å². The number of rotatable bonds is 7. The normalized spacial score (nSPS) is 16.1. The first-order chi connectivity index (χ1) is 15.0. The van der Waals surface area contributed by atoms with Gasteiger partial charge in [0.1, 0.15) is 18.2 Å². The summed E-state index contributed by atoms with van der Waals surface area (Å²) in [4.78, 5) is 7.83. The zero-order chi connectivity index (χ0) is 23.3. The molecule has 0 amide bonds. The monoisotopic (exact) mass is 470 g/mol. The van der Waals surface area contributed by atoms with E-state index in [2.05, 4.69) is 9.97 Å². The molecule has 4 rings (SSSR count). The molecule has 1 atom stereocenters. The Kier molecular flexibility index (Phi) is 5.74. The van der Waals surface area contributed by atoms with Crippen LogP contribution in [0.25, 0.3) is 22.2 Å². The summed E-state index contributed by atoms with van der Waals surface area (Å²) in [6, 6.07) is 1.49. The molecule has 0 saturated heterocycles. The van der Waals surface area contributed by atoms with Crippen LogP contribution in [0.3, 0.4) is 0 Å². The molecule has 0 bridgehead atoms. The van der Waals surface area contributed by atoms with Crippen LogP contribution >= 0.6 is 0 Å². The minimum Gasteiger partial charge on any atom is -0.347 e. The third-order valence-electron chi connectivity index (χ3n) is 5.30. The van der Waals surface area contributed by atoms with E-state index in [4.69, 9.17) is 0 Å². The van der Waals surface area contributed by atoms with Gasteiger partial charge in [0.05, 0.1) is 10.9 Å². The van der Waals surface area contributed by atoms with E-state index in [1.165, 1.54) is 30.9 Å². The van der Waals surface area contributed by atoms with Gasteiger partial charge in [0.15, 0.2) is 0 Å². The molecule has 1 N–H and O–H groups in total. The highest BCUT2D eigenvalue weighted by molar-refractivity contribution is 7.90. The van der Waals surface area contributed by atoms with E-state index in [9.17, 15) is 21.6 Å². The van der Waals surface area contributed by atoms with Gasteiger partial charge < -0.3 is 4.57 Å². The summed E-state index contributed by atoms with van der Waals surface area (Å²) in [6.07, 6.45) is -0.291. The molecule has 0 aliphatic heterocycles. The third kappa shape index (κ3) is 4.49. The van der Waals surface area contributed by atoms with Crippen molar-refractivity contribution in [1.82, 2.24) is 19.3 Å². The van der Waals surface area contributed by atoms with E-state index in [1.807, 2.05) is 18.6 Å². The van der Waals surface area contributed by atoms with E-state index in [1.54, 1.807) is 4.57 Å². The largest absolute Gasteiger partial charge is 0.408 e. The van der Waals surface area contributed by atoms with Crippen LogP contribution in [0.15, 0.2) is 36.9 Å². The highest BCUT2D eigenvalue weighted by atomic mass is 32.2. The van der Waals surface area contributed by atoms with Crippen molar-refractivity contribution in [2.75, 3.05) is 0 Å². The number of halogens is 4. The van der Waals surface area contributed by atoms with E-state index < -0.39 is 33.3 Å². The van der Waals surface area contributed by atoms with Crippen LogP contribution in [0.1, 0.15) is 38.3 Å². The van der Waals surface area contributed by atoms with Crippen LogP contribution < -0.4 is 4.72 Å². The molecular formula is C21H22F4N4O2S. The Bertz CT molecular complexity index is 1240. The molecule has 1 unspecified atom stereocenters. The Balaban J connectivity index is 1.90. The fourth-order valence-electron chi connectivity index (χ4n) is 3.70. The topological polar surface area (TPSA) is 76.9 Å². The lowest BCUT2D eigenvalue weighted by atomic mass is 10.0. The Morgan fingerprint density at radius 1 is 1.25 bits per heavy atom. The molecule has 1 fully saturated rings. The number of hydrogen-bond acceptors (Lipinski definition) is 4. The highest BCUT2D eigenvalue weighted by Gasteiger charge is 2.47. The predicted molar refractivity (Wildman–Crippen MR) is 112 cm³/mol. The van der Waals surface area contributed by atoms with E-state index >= 15 is 4.39 Å². The summed E-state index contributed by atoms with van der Waals surface area (Å²) in [5, 5.41) is -0.820. The van der Waals surface area contributed by atoms with Gasteiger partial charge in [-0.3, -0.25) is 0 Å². The highest BCUT2D eigenvalue weighted by Crippen LogP contribution is 2.41. The Morgan fingerprint density at radius 3 is 2.53 bits per heavy atom. The minimum absolute atomic E-state index is 0.00165. The van der Waals surface area contributed by atoms with Crippen LogP contribution in [-0.2, 0) is 16.6 Å². The standard InChI is InChI=1S/C21H22F4N4O2S/c1-12(2)9-29-10-16(20(21(23,24)25)28-32(30,31)13-3-4-13)14-7-17(22)15(8-19(14)29)18-5-6-26-11-27-18/h5-8,10-13,20,28H,3-4,9H2,1-2H3. The zero-order valence-corrected chi connectivity index (χ0v) is 18.2. The number of nitrogens with one attached hydrogen (secondary N) is 1. The van der Waals surface area contributed by atoms with Crippen molar-refractivity contribution in [2.24, 2.45) is 5.92 Å². The summed E-state index contributed by atoms with van der Waals surface area (Å²) in [5.41, 5.74) is 0.450.